The van der Waals surface area contributed by atoms with Crippen molar-refractivity contribution in [3.8, 4) is 11.1 Å². The van der Waals surface area contributed by atoms with Gasteiger partial charge in [0.25, 0.3) is 0 Å². The third-order valence-corrected chi connectivity index (χ3v) is 5.78. The van der Waals surface area contributed by atoms with Crippen LogP contribution in [-0.4, -0.2) is 59.5 Å². The Morgan fingerprint density at radius 2 is 1.82 bits per heavy atom. The van der Waals surface area contributed by atoms with Crippen LogP contribution in [-0.2, 0) is 14.3 Å². The van der Waals surface area contributed by atoms with Crippen molar-refractivity contribution in [1.29, 1.82) is 0 Å². The zero-order valence-corrected chi connectivity index (χ0v) is 19.1. The first-order valence-corrected chi connectivity index (χ1v) is 11.0. The molecule has 2 aromatic carbocycles. The molecule has 1 amide bonds. The molecule has 176 valence electrons. The monoisotopic (exact) mass is 486 g/mol. The van der Waals surface area contributed by atoms with Crippen LogP contribution >= 0.6 is 11.6 Å². The lowest BCUT2D eigenvalue weighted by Crippen LogP contribution is -2.48. The van der Waals surface area contributed by atoms with Gasteiger partial charge in [-0.3, -0.25) is 4.79 Å². The number of nitrogens with zero attached hydrogens (tertiary/aromatic N) is 4. The maximum atomic E-state index is 14.3. The Hall–Kier alpha value is -3.59. The highest BCUT2D eigenvalue weighted by Crippen LogP contribution is 2.36. The predicted molar refractivity (Wildman–Crippen MR) is 124 cm³/mol. The molecule has 1 aliphatic rings. The smallest absolute Gasteiger partial charge is 0.330 e. The number of rotatable bonds is 5. The van der Waals surface area contributed by atoms with Crippen molar-refractivity contribution >= 4 is 40.2 Å². The van der Waals surface area contributed by atoms with Gasteiger partial charge in [0, 0.05) is 65.9 Å². The Labute approximate surface area is 199 Å². The molecule has 0 bridgehead atoms. The first kappa shape index (κ1) is 23.6. The summed E-state index contributed by atoms with van der Waals surface area (Å²) in [5, 5.41) is 0.965. The number of benzene rings is 2. The molecule has 0 atom stereocenters. The van der Waals surface area contributed by atoms with Gasteiger partial charge in [0.05, 0.1) is 12.1 Å². The number of hydrogen-bond donors (Lipinski definition) is 0. The molecule has 0 aliphatic carbocycles. The predicted octanol–water partition coefficient (Wildman–Crippen LogP) is 4.00. The summed E-state index contributed by atoms with van der Waals surface area (Å²) in [6.07, 6.45) is 3.75. The number of anilines is 1. The molecule has 1 aromatic heterocycles. The molecule has 7 nitrogen and oxygen atoms in total. The van der Waals surface area contributed by atoms with Crippen LogP contribution in [0.15, 0.2) is 48.8 Å². The standard InChI is InChI=1S/C24H21ClF2N4O3/c1-2-34-23(33)6-5-22(32)30-7-9-31(10-8-30)24-18-12-19(25)17(13-21(18)28-14-29-24)16-4-3-15(26)11-20(16)27/h3-6,11-14H,2,7-10H2,1H3. The van der Waals surface area contributed by atoms with Crippen molar-refractivity contribution in [2.24, 2.45) is 0 Å². The first-order chi connectivity index (χ1) is 16.4. The number of carbonyl (C=O) groups is 2. The molecule has 1 aliphatic heterocycles. The zero-order valence-electron chi connectivity index (χ0n) is 18.3. The van der Waals surface area contributed by atoms with E-state index >= 15 is 0 Å². The largest absolute Gasteiger partial charge is 0.463 e. The topological polar surface area (TPSA) is 75.6 Å². The number of hydrogen-bond acceptors (Lipinski definition) is 6. The molecular formula is C24H21ClF2N4O3. The molecule has 34 heavy (non-hydrogen) atoms. The summed E-state index contributed by atoms with van der Waals surface area (Å²) in [5.41, 5.74) is 1.14. The number of carbonyl (C=O) groups excluding carboxylic acids is 2. The fraction of sp³-hybridized carbons (Fsp3) is 0.250. The van der Waals surface area contributed by atoms with Gasteiger partial charge in [-0.25, -0.2) is 23.5 Å². The maximum Gasteiger partial charge on any atom is 0.330 e. The molecular weight excluding hydrogens is 466 g/mol. The molecule has 0 unspecified atom stereocenters. The minimum Gasteiger partial charge on any atom is -0.463 e. The van der Waals surface area contributed by atoms with E-state index < -0.39 is 17.6 Å². The van der Waals surface area contributed by atoms with E-state index in [1.807, 2.05) is 4.90 Å². The van der Waals surface area contributed by atoms with Crippen LogP contribution < -0.4 is 4.90 Å². The number of piperazine rings is 1. The van der Waals surface area contributed by atoms with Gasteiger partial charge in [0.1, 0.15) is 23.8 Å². The first-order valence-electron chi connectivity index (χ1n) is 10.7. The summed E-state index contributed by atoms with van der Waals surface area (Å²) >= 11 is 6.48. The van der Waals surface area contributed by atoms with Crippen molar-refractivity contribution in [3.05, 3.63) is 65.5 Å². The average molecular weight is 487 g/mol. The van der Waals surface area contributed by atoms with E-state index in [0.29, 0.717) is 48.5 Å². The molecule has 1 fully saturated rings. The number of aromatic nitrogens is 2. The van der Waals surface area contributed by atoms with Gasteiger partial charge in [-0.2, -0.15) is 0 Å². The Balaban J connectivity index is 1.54. The summed E-state index contributed by atoms with van der Waals surface area (Å²) in [5.74, 6) is -1.56. The summed E-state index contributed by atoms with van der Waals surface area (Å²) in [7, 11) is 0. The minimum absolute atomic E-state index is 0.177. The van der Waals surface area contributed by atoms with E-state index in [1.54, 1.807) is 24.0 Å². The molecule has 10 heteroatoms. The average Bonchev–Trinajstić information content (AvgIpc) is 2.82. The second kappa shape index (κ2) is 10.1. The Morgan fingerprint density at radius 3 is 2.53 bits per heavy atom. The highest BCUT2D eigenvalue weighted by Gasteiger charge is 2.23. The number of fused-ring (bicyclic) bond motifs is 1. The molecule has 1 saturated heterocycles. The number of amides is 1. The lowest BCUT2D eigenvalue weighted by atomic mass is 10.0. The van der Waals surface area contributed by atoms with E-state index in [9.17, 15) is 18.4 Å². The Bertz CT molecular complexity index is 1280. The molecule has 2 heterocycles. The van der Waals surface area contributed by atoms with Crippen LogP contribution in [0.2, 0.25) is 5.02 Å². The third-order valence-electron chi connectivity index (χ3n) is 5.46. The second-order valence-electron chi connectivity index (χ2n) is 7.57. The van der Waals surface area contributed by atoms with Crippen LogP contribution in [0.4, 0.5) is 14.6 Å². The highest BCUT2D eigenvalue weighted by atomic mass is 35.5. The fourth-order valence-corrected chi connectivity index (χ4v) is 4.07. The third kappa shape index (κ3) is 4.99. The summed E-state index contributed by atoms with van der Waals surface area (Å²) in [6.45, 7) is 3.83. The lowest BCUT2D eigenvalue weighted by Gasteiger charge is -2.35. The quantitative estimate of drug-likeness (QED) is 0.401. The molecule has 0 N–H and O–H groups in total. The molecule has 3 aromatic rings. The number of ether oxygens (including phenoxy) is 1. The Morgan fingerprint density at radius 1 is 1.06 bits per heavy atom. The van der Waals surface area contributed by atoms with Crippen molar-refractivity contribution in [2.45, 2.75) is 6.92 Å². The van der Waals surface area contributed by atoms with Gasteiger partial charge < -0.3 is 14.5 Å². The number of esters is 1. The van der Waals surface area contributed by atoms with Gasteiger partial charge in [-0.05, 0) is 31.2 Å². The van der Waals surface area contributed by atoms with Gasteiger partial charge in [-0.1, -0.05) is 11.6 Å². The van der Waals surface area contributed by atoms with E-state index in [0.717, 1.165) is 12.1 Å². The second-order valence-corrected chi connectivity index (χ2v) is 7.98. The summed E-state index contributed by atoms with van der Waals surface area (Å²) in [6, 6.07) is 6.65. The van der Waals surface area contributed by atoms with E-state index in [4.69, 9.17) is 16.3 Å². The van der Waals surface area contributed by atoms with Crippen LogP contribution in [0, 0.1) is 11.6 Å². The van der Waals surface area contributed by atoms with Gasteiger partial charge in [0.2, 0.25) is 5.91 Å². The maximum absolute atomic E-state index is 14.3. The Kier molecular flexibility index (Phi) is 7.02. The fourth-order valence-electron chi connectivity index (χ4n) is 3.80. The lowest BCUT2D eigenvalue weighted by molar-refractivity contribution is -0.137. The highest BCUT2D eigenvalue weighted by molar-refractivity contribution is 6.34. The van der Waals surface area contributed by atoms with Crippen molar-refractivity contribution in [1.82, 2.24) is 14.9 Å². The molecule has 0 spiro atoms. The van der Waals surface area contributed by atoms with E-state index in [-0.39, 0.29) is 23.1 Å². The number of halogens is 3. The van der Waals surface area contributed by atoms with Gasteiger partial charge >= 0.3 is 5.97 Å². The van der Waals surface area contributed by atoms with Crippen molar-refractivity contribution in [2.75, 3.05) is 37.7 Å². The van der Waals surface area contributed by atoms with Crippen LogP contribution in [0.25, 0.3) is 22.0 Å². The van der Waals surface area contributed by atoms with E-state index in [1.165, 1.54) is 24.5 Å². The SMILES string of the molecule is CCOC(=O)C=CC(=O)N1CCN(c2ncnc3cc(-c4ccc(F)cc4F)c(Cl)cc23)CC1. The van der Waals surface area contributed by atoms with Crippen molar-refractivity contribution < 1.29 is 23.1 Å². The minimum atomic E-state index is -0.715. The van der Waals surface area contributed by atoms with E-state index in [2.05, 4.69) is 9.97 Å². The zero-order chi connectivity index (χ0) is 24.2. The molecule has 0 saturated carbocycles. The van der Waals surface area contributed by atoms with Gasteiger partial charge in [0.15, 0.2) is 0 Å². The van der Waals surface area contributed by atoms with Crippen LogP contribution in [0.3, 0.4) is 0 Å². The summed E-state index contributed by atoms with van der Waals surface area (Å²) in [4.78, 5) is 36.1. The normalized spacial score (nSPS) is 14.1. The molecule has 4 rings (SSSR count). The molecule has 0 radical (unpaired) electrons. The van der Waals surface area contributed by atoms with Crippen LogP contribution in [0.1, 0.15) is 6.92 Å². The van der Waals surface area contributed by atoms with Gasteiger partial charge in [-0.15, -0.1) is 0 Å². The van der Waals surface area contributed by atoms with Crippen molar-refractivity contribution in [3.63, 3.8) is 0 Å². The van der Waals surface area contributed by atoms with Crippen LogP contribution in [0.5, 0.6) is 0 Å². The summed E-state index contributed by atoms with van der Waals surface area (Å²) < 4.78 is 32.4.